The summed E-state index contributed by atoms with van der Waals surface area (Å²) >= 11 is 0. The third-order valence-electron chi connectivity index (χ3n) is 5.85. The van der Waals surface area contributed by atoms with Crippen LogP contribution in [0.4, 0.5) is 0 Å². The minimum Gasteiger partial charge on any atom is -0.508 e. The van der Waals surface area contributed by atoms with Crippen molar-refractivity contribution in [3.05, 3.63) is 125 Å². The smallest absolute Gasteiger partial charge is 0.115 e. The highest BCUT2D eigenvalue weighted by Gasteiger charge is 2.11. The molecule has 0 saturated carbocycles. The van der Waals surface area contributed by atoms with E-state index in [-0.39, 0.29) is 11.5 Å². The van der Waals surface area contributed by atoms with Crippen molar-refractivity contribution in [3.8, 4) is 17.2 Å². The monoisotopic (exact) mass is 440 g/mol. The van der Waals surface area contributed by atoms with E-state index >= 15 is 0 Å². The summed E-state index contributed by atoms with van der Waals surface area (Å²) < 4.78 is 0. The van der Waals surface area contributed by atoms with E-state index in [2.05, 4.69) is 38.1 Å². The second-order valence-electron chi connectivity index (χ2n) is 8.33. The van der Waals surface area contributed by atoms with E-state index < -0.39 is 0 Å². The maximum absolute atomic E-state index is 9.29. The van der Waals surface area contributed by atoms with Crippen LogP contribution in [0, 0.1) is 0 Å². The second-order valence-corrected chi connectivity index (χ2v) is 8.33. The lowest BCUT2D eigenvalue weighted by molar-refractivity contribution is 0.474. The van der Waals surface area contributed by atoms with Gasteiger partial charge < -0.3 is 15.3 Å². The first-order valence-corrected chi connectivity index (χ1v) is 11.4. The van der Waals surface area contributed by atoms with Gasteiger partial charge in [-0.25, -0.2) is 0 Å². The summed E-state index contributed by atoms with van der Waals surface area (Å²) in [6.07, 6.45) is 2.02. The minimum absolute atomic E-state index is 0.286. The van der Waals surface area contributed by atoms with Crippen LogP contribution in [-0.2, 0) is 6.42 Å². The van der Waals surface area contributed by atoms with Gasteiger partial charge in [-0.1, -0.05) is 80.6 Å². The van der Waals surface area contributed by atoms with Gasteiger partial charge in [0.15, 0.2) is 0 Å². The predicted molar refractivity (Wildman–Crippen MR) is 135 cm³/mol. The molecule has 170 valence electrons. The number of rotatable bonds is 6. The molecule has 0 radical (unpaired) electrons. The van der Waals surface area contributed by atoms with Crippen molar-refractivity contribution in [1.29, 1.82) is 0 Å². The Balaban J connectivity index is 0.000000186. The lowest BCUT2D eigenvalue weighted by Crippen LogP contribution is -1.98. The molecule has 4 aromatic rings. The molecular formula is C30H32O3. The molecule has 1 atom stereocenters. The van der Waals surface area contributed by atoms with Gasteiger partial charge in [0, 0.05) is 5.92 Å². The van der Waals surface area contributed by atoms with Crippen molar-refractivity contribution in [1.82, 2.24) is 0 Å². The molecule has 0 aliphatic heterocycles. The van der Waals surface area contributed by atoms with E-state index in [4.69, 9.17) is 0 Å². The van der Waals surface area contributed by atoms with Crippen molar-refractivity contribution in [2.75, 3.05) is 0 Å². The maximum Gasteiger partial charge on any atom is 0.115 e. The molecule has 0 aromatic heterocycles. The van der Waals surface area contributed by atoms with Crippen molar-refractivity contribution >= 4 is 0 Å². The van der Waals surface area contributed by atoms with E-state index in [0.29, 0.717) is 17.6 Å². The van der Waals surface area contributed by atoms with E-state index in [0.717, 1.165) is 12.8 Å². The lowest BCUT2D eigenvalue weighted by Gasteiger charge is -2.16. The third-order valence-corrected chi connectivity index (χ3v) is 5.85. The van der Waals surface area contributed by atoms with Gasteiger partial charge >= 0.3 is 0 Å². The minimum atomic E-state index is 0.286. The Morgan fingerprint density at radius 1 is 0.545 bits per heavy atom. The molecule has 33 heavy (non-hydrogen) atoms. The zero-order valence-corrected chi connectivity index (χ0v) is 19.2. The normalized spacial score (nSPS) is 11.5. The predicted octanol–water partition coefficient (Wildman–Crippen LogP) is 7.38. The van der Waals surface area contributed by atoms with Gasteiger partial charge in [-0.05, 0) is 77.4 Å². The molecule has 3 nitrogen and oxygen atoms in total. The van der Waals surface area contributed by atoms with Crippen LogP contribution in [0.15, 0.2) is 103 Å². The molecule has 0 saturated heterocycles. The summed E-state index contributed by atoms with van der Waals surface area (Å²) in [5.74, 6) is 1.68. The van der Waals surface area contributed by atoms with E-state index in [9.17, 15) is 15.3 Å². The fourth-order valence-corrected chi connectivity index (χ4v) is 3.97. The molecule has 4 aromatic carbocycles. The Morgan fingerprint density at radius 3 is 1.33 bits per heavy atom. The van der Waals surface area contributed by atoms with Gasteiger partial charge in [-0.3, -0.25) is 0 Å². The van der Waals surface area contributed by atoms with Crippen LogP contribution in [0.25, 0.3) is 0 Å². The summed E-state index contributed by atoms with van der Waals surface area (Å²) in [6, 6.07) is 32.5. The van der Waals surface area contributed by atoms with Gasteiger partial charge in [0.25, 0.3) is 0 Å². The Labute approximate surface area is 196 Å². The number of hydrogen-bond acceptors (Lipinski definition) is 3. The number of phenolic OH excluding ortho intramolecular Hbond substituents is 3. The summed E-state index contributed by atoms with van der Waals surface area (Å²) in [5, 5.41) is 27.8. The lowest BCUT2D eigenvalue weighted by atomic mass is 9.89. The quantitative estimate of drug-likeness (QED) is 0.293. The van der Waals surface area contributed by atoms with Crippen molar-refractivity contribution in [2.45, 2.75) is 38.5 Å². The zero-order valence-electron chi connectivity index (χ0n) is 19.2. The summed E-state index contributed by atoms with van der Waals surface area (Å²) in [4.78, 5) is 0. The average molecular weight is 441 g/mol. The van der Waals surface area contributed by atoms with Gasteiger partial charge in [0.1, 0.15) is 17.2 Å². The molecule has 0 heterocycles. The Kier molecular flexibility index (Phi) is 8.54. The SMILES string of the molecule is CC(Cc1ccccc1)c1ccc(O)cc1.CCC(c1ccc(O)cc1)c1ccc(O)cc1. The Hall–Kier alpha value is -3.72. The molecule has 1 unspecified atom stereocenters. The first kappa shape index (κ1) is 23.9. The van der Waals surface area contributed by atoms with Crippen molar-refractivity contribution < 1.29 is 15.3 Å². The molecule has 0 spiro atoms. The standard InChI is InChI=1S/C15H16O2.C15H16O/c1-2-15(11-3-7-13(16)8-4-11)12-5-9-14(17)10-6-12;1-12(11-13-5-3-2-4-6-13)14-7-9-15(16)10-8-14/h3-10,15-17H,2H2,1H3;2-10,12,16H,11H2,1H3. The molecule has 0 bridgehead atoms. The molecule has 0 aliphatic rings. The summed E-state index contributed by atoms with van der Waals surface area (Å²) in [5.41, 5.74) is 4.97. The molecule has 3 N–H and O–H groups in total. The Morgan fingerprint density at radius 2 is 0.939 bits per heavy atom. The number of aromatic hydroxyl groups is 3. The van der Waals surface area contributed by atoms with Gasteiger partial charge in [-0.15, -0.1) is 0 Å². The summed E-state index contributed by atoms with van der Waals surface area (Å²) in [6.45, 7) is 4.34. The highest BCUT2D eigenvalue weighted by atomic mass is 16.3. The van der Waals surface area contributed by atoms with Gasteiger partial charge in [0.2, 0.25) is 0 Å². The van der Waals surface area contributed by atoms with Crippen molar-refractivity contribution in [3.63, 3.8) is 0 Å². The second kappa shape index (κ2) is 11.8. The summed E-state index contributed by atoms with van der Waals surface area (Å²) in [7, 11) is 0. The van der Waals surface area contributed by atoms with Gasteiger partial charge in [-0.2, -0.15) is 0 Å². The van der Waals surface area contributed by atoms with Crippen LogP contribution in [0.5, 0.6) is 17.2 Å². The van der Waals surface area contributed by atoms with Crippen LogP contribution in [-0.4, -0.2) is 15.3 Å². The zero-order chi connectivity index (χ0) is 23.6. The van der Waals surface area contributed by atoms with Crippen LogP contribution in [0.2, 0.25) is 0 Å². The van der Waals surface area contributed by atoms with E-state index in [1.807, 2.05) is 42.5 Å². The maximum atomic E-state index is 9.29. The molecule has 4 rings (SSSR count). The van der Waals surface area contributed by atoms with E-state index in [1.165, 1.54) is 22.3 Å². The third kappa shape index (κ3) is 7.15. The topological polar surface area (TPSA) is 60.7 Å². The molecular weight excluding hydrogens is 408 g/mol. The van der Waals surface area contributed by atoms with Crippen LogP contribution >= 0.6 is 0 Å². The number of hydrogen-bond donors (Lipinski definition) is 3. The number of benzene rings is 4. The first-order valence-electron chi connectivity index (χ1n) is 11.4. The fraction of sp³-hybridized carbons (Fsp3) is 0.200. The van der Waals surface area contributed by atoms with Crippen molar-refractivity contribution in [2.24, 2.45) is 0 Å². The Bertz CT molecular complexity index is 1040. The van der Waals surface area contributed by atoms with Crippen LogP contribution in [0.1, 0.15) is 54.4 Å². The van der Waals surface area contributed by atoms with Gasteiger partial charge in [0.05, 0.1) is 0 Å². The van der Waals surface area contributed by atoms with Crippen LogP contribution in [0.3, 0.4) is 0 Å². The fourth-order valence-electron chi connectivity index (χ4n) is 3.97. The highest BCUT2D eigenvalue weighted by Crippen LogP contribution is 2.29. The molecule has 0 amide bonds. The molecule has 0 aliphatic carbocycles. The van der Waals surface area contributed by atoms with Crippen LogP contribution < -0.4 is 0 Å². The van der Waals surface area contributed by atoms with E-state index in [1.54, 1.807) is 36.4 Å². The first-order chi connectivity index (χ1) is 16.0. The highest BCUT2D eigenvalue weighted by molar-refractivity contribution is 5.37. The average Bonchev–Trinajstić information content (AvgIpc) is 2.83. The molecule has 3 heteroatoms. The number of phenols is 3. The molecule has 0 fully saturated rings. The largest absolute Gasteiger partial charge is 0.508 e.